The summed E-state index contributed by atoms with van der Waals surface area (Å²) >= 11 is 0. The first-order valence-electron chi connectivity index (χ1n) is 3.78. The van der Waals surface area contributed by atoms with Crippen LogP contribution in [0.2, 0.25) is 0 Å². The predicted molar refractivity (Wildman–Crippen MR) is 33.6 cm³/mol. The molecule has 1 fully saturated rings. The highest BCUT2D eigenvalue weighted by molar-refractivity contribution is 5.32. The summed E-state index contributed by atoms with van der Waals surface area (Å²) in [5.74, 6) is -14.0. The van der Waals surface area contributed by atoms with Gasteiger partial charge < -0.3 is 0 Å². The summed E-state index contributed by atoms with van der Waals surface area (Å²) < 4.78 is 110. The Balaban J connectivity index is 3.36. The van der Waals surface area contributed by atoms with E-state index in [1.54, 1.807) is 0 Å². The molecular formula is C7H3F9. The number of halogens is 9. The van der Waals surface area contributed by atoms with Gasteiger partial charge in [-0.3, -0.25) is 0 Å². The highest BCUT2D eigenvalue weighted by Gasteiger charge is 2.69. The van der Waals surface area contributed by atoms with E-state index in [2.05, 4.69) is 0 Å². The Hall–Kier alpha value is -0.890. The average molecular weight is 258 g/mol. The van der Waals surface area contributed by atoms with Crippen molar-refractivity contribution in [3.63, 3.8) is 0 Å². The molecule has 1 aliphatic rings. The first-order chi connectivity index (χ1) is 6.91. The summed E-state index contributed by atoms with van der Waals surface area (Å²) in [6.07, 6.45) is -11.4. The molecule has 1 saturated carbocycles. The van der Waals surface area contributed by atoms with Crippen molar-refractivity contribution in [3.8, 4) is 0 Å². The van der Waals surface area contributed by atoms with Crippen molar-refractivity contribution in [1.82, 2.24) is 0 Å². The van der Waals surface area contributed by atoms with Gasteiger partial charge in [0.25, 0.3) is 0 Å². The van der Waals surface area contributed by atoms with Gasteiger partial charge in [0, 0.05) is 0 Å². The zero-order chi connectivity index (χ0) is 12.9. The zero-order valence-corrected chi connectivity index (χ0v) is 7.19. The summed E-state index contributed by atoms with van der Waals surface area (Å²) in [5.41, 5.74) is -2.83. The van der Waals surface area contributed by atoms with E-state index >= 15 is 0 Å². The lowest BCUT2D eigenvalue weighted by atomic mass is 10.1. The molecule has 1 rings (SSSR count). The molecule has 0 aromatic rings. The molecule has 1 aliphatic carbocycles. The van der Waals surface area contributed by atoms with Crippen LogP contribution in [-0.4, -0.2) is 24.2 Å². The summed E-state index contributed by atoms with van der Waals surface area (Å²) in [5, 5.41) is 0. The van der Waals surface area contributed by atoms with Gasteiger partial charge in [-0.25, -0.2) is 8.78 Å². The molecule has 1 atom stereocenters. The van der Waals surface area contributed by atoms with E-state index in [4.69, 9.17) is 0 Å². The van der Waals surface area contributed by atoms with Crippen molar-refractivity contribution in [1.29, 1.82) is 0 Å². The normalized spacial score (nSPS) is 31.7. The van der Waals surface area contributed by atoms with E-state index in [1.165, 1.54) is 0 Å². The molecule has 9 heteroatoms. The number of hydrogen-bond acceptors (Lipinski definition) is 0. The first-order valence-corrected chi connectivity index (χ1v) is 3.78. The van der Waals surface area contributed by atoms with Crippen LogP contribution in [-0.2, 0) is 0 Å². The highest BCUT2D eigenvalue weighted by Crippen LogP contribution is 2.54. The largest absolute Gasteiger partial charge is 0.443 e. The molecule has 0 N–H and O–H groups in total. The third-order valence-corrected chi connectivity index (χ3v) is 2.03. The number of rotatable bonds is 0. The molecule has 94 valence electrons. The summed E-state index contributed by atoms with van der Waals surface area (Å²) in [4.78, 5) is 0. The van der Waals surface area contributed by atoms with E-state index in [-0.39, 0.29) is 0 Å². The van der Waals surface area contributed by atoms with Crippen LogP contribution >= 0.6 is 0 Å². The van der Waals surface area contributed by atoms with Gasteiger partial charge >= 0.3 is 18.0 Å². The quantitative estimate of drug-likeness (QED) is 0.580. The Kier molecular flexibility index (Phi) is 2.72. The fourth-order valence-electron chi connectivity index (χ4n) is 1.28. The van der Waals surface area contributed by atoms with E-state index in [9.17, 15) is 39.5 Å². The average Bonchev–Trinajstić information content (AvgIpc) is 2.14. The van der Waals surface area contributed by atoms with Gasteiger partial charge in [-0.15, -0.1) is 0 Å². The number of hydrogen-bond donors (Lipinski definition) is 0. The number of allylic oxidation sites excluding steroid dienone is 2. The zero-order valence-electron chi connectivity index (χ0n) is 7.19. The van der Waals surface area contributed by atoms with Crippen LogP contribution in [0.3, 0.4) is 0 Å². The predicted octanol–water partition coefficient (Wildman–Crippen LogP) is 3.78. The molecule has 16 heavy (non-hydrogen) atoms. The molecule has 0 spiro atoms. The van der Waals surface area contributed by atoms with Gasteiger partial charge in [0.15, 0.2) is 0 Å². The van der Waals surface area contributed by atoms with Crippen LogP contribution < -0.4 is 0 Å². The molecule has 0 heterocycles. The Labute approximate surface area is 82.7 Å². The monoisotopic (exact) mass is 258 g/mol. The second kappa shape index (κ2) is 3.30. The third kappa shape index (κ3) is 1.75. The summed E-state index contributed by atoms with van der Waals surface area (Å²) in [6, 6.07) is 0. The van der Waals surface area contributed by atoms with Crippen LogP contribution in [0.1, 0.15) is 6.42 Å². The maximum absolute atomic E-state index is 12.6. The van der Waals surface area contributed by atoms with Gasteiger partial charge in [-0.1, -0.05) is 0 Å². The van der Waals surface area contributed by atoms with Gasteiger partial charge in [0.2, 0.25) is 5.83 Å². The fourth-order valence-corrected chi connectivity index (χ4v) is 1.28. The minimum absolute atomic E-state index is 2.17. The van der Waals surface area contributed by atoms with Crippen molar-refractivity contribution in [2.45, 2.75) is 30.6 Å². The molecule has 0 saturated heterocycles. The van der Waals surface area contributed by atoms with Crippen LogP contribution in [0.5, 0.6) is 0 Å². The molecule has 0 nitrogen and oxygen atoms in total. The van der Waals surface area contributed by atoms with Crippen LogP contribution in [0, 0.1) is 0 Å². The van der Waals surface area contributed by atoms with Gasteiger partial charge in [-0.2, -0.15) is 30.7 Å². The van der Waals surface area contributed by atoms with Crippen molar-refractivity contribution in [2.75, 3.05) is 0 Å². The van der Waals surface area contributed by atoms with Crippen LogP contribution in [0.4, 0.5) is 39.5 Å². The Morgan fingerprint density at radius 2 is 1.56 bits per heavy atom. The van der Waals surface area contributed by atoms with Crippen molar-refractivity contribution >= 4 is 0 Å². The van der Waals surface area contributed by atoms with Gasteiger partial charge in [0.05, 0.1) is 12.0 Å². The van der Waals surface area contributed by atoms with E-state index in [1.807, 2.05) is 0 Å². The molecule has 0 aliphatic heterocycles. The minimum atomic E-state index is -5.91. The molecule has 0 amide bonds. The van der Waals surface area contributed by atoms with Crippen LogP contribution in [0.15, 0.2) is 11.4 Å². The lowest BCUT2D eigenvalue weighted by molar-refractivity contribution is -0.172. The molecule has 0 bridgehead atoms. The Morgan fingerprint density at radius 1 is 1.12 bits per heavy atom. The molecular weight excluding hydrogens is 255 g/mol. The second-order valence-electron chi connectivity index (χ2n) is 3.18. The van der Waals surface area contributed by atoms with E-state index in [0.29, 0.717) is 0 Å². The molecule has 0 aromatic heterocycles. The molecule has 1 unspecified atom stereocenters. The second-order valence-corrected chi connectivity index (χ2v) is 3.18. The first kappa shape index (κ1) is 13.2. The lowest BCUT2D eigenvalue weighted by Crippen LogP contribution is -2.36. The topological polar surface area (TPSA) is 0 Å². The molecule has 0 radical (unpaired) electrons. The summed E-state index contributed by atoms with van der Waals surface area (Å²) in [6.45, 7) is 0. The molecule has 0 aromatic carbocycles. The smallest absolute Gasteiger partial charge is 0.242 e. The standard InChI is InChI=1S/C7H3F9/c8-2-1-5(10,11)6(12,13)3(2)4(9)7(14,15)16/h2H,1H2. The lowest BCUT2D eigenvalue weighted by Gasteiger charge is -2.19. The highest BCUT2D eigenvalue weighted by atomic mass is 19.4. The fraction of sp³-hybridized carbons (Fsp3) is 0.714. The Bertz CT molecular complexity index is 323. The summed E-state index contributed by atoms with van der Waals surface area (Å²) in [7, 11) is 0. The van der Waals surface area contributed by atoms with Crippen molar-refractivity contribution < 1.29 is 39.5 Å². The Morgan fingerprint density at radius 3 is 1.81 bits per heavy atom. The van der Waals surface area contributed by atoms with Crippen LogP contribution in [0.25, 0.3) is 0 Å². The third-order valence-electron chi connectivity index (χ3n) is 2.03. The maximum Gasteiger partial charge on any atom is 0.443 e. The van der Waals surface area contributed by atoms with E-state index in [0.717, 1.165) is 0 Å². The maximum atomic E-state index is 12.6. The van der Waals surface area contributed by atoms with Gasteiger partial charge in [0.1, 0.15) is 6.17 Å². The SMILES string of the molecule is FC(=C1C(F)CC(F)(F)C1(F)F)C(F)(F)F. The van der Waals surface area contributed by atoms with Gasteiger partial charge in [-0.05, 0) is 0 Å². The van der Waals surface area contributed by atoms with Crippen molar-refractivity contribution in [3.05, 3.63) is 11.4 Å². The minimum Gasteiger partial charge on any atom is -0.242 e. The van der Waals surface area contributed by atoms with Crippen molar-refractivity contribution in [2.24, 2.45) is 0 Å². The van der Waals surface area contributed by atoms with E-state index < -0.39 is 42.0 Å². The number of alkyl halides is 8.